The van der Waals surface area contributed by atoms with Gasteiger partial charge in [0.1, 0.15) is 0 Å². The summed E-state index contributed by atoms with van der Waals surface area (Å²) in [4.78, 5) is 0. The van der Waals surface area contributed by atoms with Gasteiger partial charge in [0.25, 0.3) is 0 Å². The Hall–Kier alpha value is -0.337. The Morgan fingerprint density at radius 1 is 0.806 bits per heavy atom. The van der Waals surface area contributed by atoms with Crippen LogP contribution in [0.4, 0.5) is 0 Å². The molecule has 2 aliphatic carbocycles. The molecule has 0 bridgehead atoms. The molecule has 2 rings (SSSR count). The van der Waals surface area contributed by atoms with Gasteiger partial charge in [0.15, 0.2) is 0 Å². The first kappa shape index (κ1) is 30.7. The maximum atomic E-state index is 9.08. The van der Waals surface area contributed by atoms with E-state index >= 15 is 0 Å². The van der Waals surface area contributed by atoms with Gasteiger partial charge in [-0.15, -0.1) is 0 Å². The maximum absolute atomic E-state index is 9.08. The molecular weight excluding hydrogens is 516 g/mol. The zero-order valence-electron chi connectivity index (χ0n) is 19.5. The number of hydrogen-bond acceptors (Lipinski definition) is 6. The number of hydrogen-bond donors (Lipinski definition) is 0. The van der Waals surface area contributed by atoms with Crippen molar-refractivity contribution in [3.8, 4) is 0 Å². The minimum absolute atomic E-state index is 0.537. The zero-order chi connectivity index (χ0) is 24.2. The van der Waals surface area contributed by atoms with Gasteiger partial charge in [-0.3, -0.25) is 0 Å². The number of rotatable bonds is 8. The summed E-state index contributed by atoms with van der Waals surface area (Å²) < 4.78 is 58.2. The van der Waals surface area contributed by atoms with Crippen LogP contribution < -0.4 is 0 Å². The molecule has 31 heavy (non-hydrogen) atoms. The van der Waals surface area contributed by atoms with Gasteiger partial charge in [0, 0.05) is 12.5 Å². The fourth-order valence-corrected chi connectivity index (χ4v) is 7.88. The quantitative estimate of drug-likeness (QED) is 0.404. The Balaban J connectivity index is 0.000000752. The molecule has 0 aliphatic heterocycles. The molecule has 0 aromatic rings. The van der Waals surface area contributed by atoms with Crippen LogP contribution in [0.25, 0.3) is 0 Å². The Kier molecular flexibility index (Phi) is 14.6. The molecular formula is C22H36O6S2Zr. The molecule has 0 fully saturated rings. The minimum Gasteiger partial charge on any atom is -0.748 e. The summed E-state index contributed by atoms with van der Waals surface area (Å²) in [6.45, 7) is 9.47. The predicted octanol–water partition coefficient (Wildman–Crippen LogP) is 4.69. The van der Waals surface area contributed by atoms with Crippen LogP contribution in [0, 0.1) is 11.8 Å². The van der Waals surface area contributed by atoms with E-state index in [4.69, 9.17) is 25.9 Å². The van der Waals surface area contributed by atoms with E-state index in [1.165, 1.54) is 38.5 Å². The van der Waals surface area contributed by atoms with Gasteiger partial charge >= 0.3 is 143 Å². The second-order valence-electron chi connectivity index (χ2n) is 7.99. The molecule has 0 radical (unpaired) electrons. The zero-order valence-corrected chi connectivity index (χ0v) is 23.6. The van der Waals surface area contributed by atoms with Crippen LogP contribution in [0.15, 0.2) is 42.0 Å². The standard InChI is InChI=1S/2C10H15.2CH4O3S.Zr/c2*1-3-6-9(2)10-7-4-5-8-10;2*1-5(2,3)4;/h2*4,7,9H,3,5-6H2,1-2H3;2*1H3,(H,2,3,4);/q;;;;+2/p-2. The van der Waals surface area contributed by atoms with Crippen LogP contribution in [0.3, 0.4) is 0 Å². The first-order chi connectivity index (χ1) is 14.2. The van der Waals surface area contributed by atoms with Crippen LogP contribution >= 0.6 is 0 Å². The maximum Gasteiger partial charge on any atom is 0.0916 e. The normalized spacial score (nSPS) is 17.5. The Morgan fingerprint density at radius 3 is 1.35 bits per heavy atom. The van der Waals surface area contributed by atoms with Crippen molar-refractivity contribution in [1.29, 1.82) is 0 Å². The third kappa shape index (κ3) is 16.0. The summed E-state index contributed by atoms with van der Waals surface area (Å²) in [5.74, 6) is 1.55. The van der Waals surface area contributed by atoms with Gasteiger partial charge in [-0.05, 0) is 0 Å². The van der Waals surface area contributed by atoms with Crippen LogP contribution in [0.5, 0.6) is 0 Å². The van der Waals surface area contributed by atoms with E-state index in [-0.39, 0.29) is 0 Å². The molecule has 0 saturated heterocycles. The molecule has 0 saturated carbocycles. The van der Waals surface area contributed by atoms with E-state index in [1.807, 2.05) is 6.56 Å². The molecule has 0 aromatic carbocycles. The van der Waals surface area contributed by atoms with Gasteiger partial charge in [-0.1, -0.05) is 0 Å². The van der Waals surface area contributed by atoms with Crippen molar-refractivity contribution in [2.24, 2.45) is 11.8 Å². The largest absolute Gasteiger partial charge is 0.748 e. The van der Waals surface area contributed by atoms with Crippen molar-refractivity contribution in [3.63, 3.8) is 0 Å². The summed E-state index contributed by atoms with van der Waals surface area (Å²) >= 11 is -0.537. The Morgan fingerprint density at radius 2 is 1.10 bits per heavy atom. The van der Waals surface area contributed by atoms with Crippen molar-refractivity contribution >= 4 is 20.2 Å². The average molecular weight is 552 g/mol. The summed E-state index contributed by atoms with van der Waals surface area (Å²) in [6, 6.07) is 0. The minimum atomic E-state index is -3.92. The van der Waals surface area contributed by atoms with Crippen molar-refractivity contribution in [1.82, 2.24) is 0 Å². The number of allylic oxidation sites excluding steroid dienone is 8. The molecule has 176 valence electrons. The van der Waals surface area contributed by atoms with Gasteiger partial charge in [-0.2, -0.15) is 0 Å². The monoisotopic (exact) mass is 550 g/mol. The fraction of sp³-hybridized carbons (Fsp3) is 0.636. The summed E-state index contributed by atoms with van der Waals surface area (Å²) in [6.07, 6.45) is 18.7. The Labute approximate surface area is 201 Å². The summed E-state index contributed by atoms with van der Waals surface area (Å²) in [5.41, 5.74) is 3.43. The summed E-state index contributed by atoms with van der Waals surface area (Å²) in [7, 11) is -7.83. The molecule has 0 N–H and O–H groups in total. The molecule has 2 atom stereocenters. The molecule has 0 amide bonds. The van der Waals surface area contributed by atoms with Crippen LogP contribution in [-0.2, 0) is 43.5 Å². The average Bonchev–Trinajstić information content (AvgIpc) is 3.22. The fourth-order valence-electron chi connectivity index (χ4n) is 3.57. The van der Waals surface area contributed by atoms with E-state index in [9.17, 15) is 0 Å². The van der Waals surface area contributed by atoms with Crippen molar-refractivity contribution in [2.45, 2.75) is 66.2 Å². The van der Waals surface area contributed by atoms with E-state index in [1.54, 1.807) is 11.1 Å². The van der Waals surface area contributed by atoms with Gasteiger partial charge in [0.05, 0.1) is 20.2 Å². The van der Waals surface area contributed by atoms with E-state index in [2.05, 4.69) is 52.0 Å². The molecule has 6 nitrogen and oxygen atoms in total. The van der Waals surface area contributed by atoms with Crippen molar-refractivity contribution in [3.05, 3.63) is 42.0 Å². The summed E-state index contributed by atoms with van der Waals surface area (Å²) in [5, 5.41) is 0. The SMILES string of the molecule is CCCC(C)C1=[C]([Zr+2][C]2=C(C(C)CCC)C=CC2)CC=C1.CS(=O)(=O)[O-].CS(=O)(=O)[O-]. The van der Waals surface area contributed by atoms with Crippen LogP contribution in [-0.4, -0.2) is 38.5 Å². The van der Waals surface area contributed by atoms with Gasteiger partial charge in [0.2, 0.25) is 0 Å². The van der Waals surface area contributed by atoms with Crippen LogP contribution in [0.2, 0.25) is 0 Å². The Bertz CT molecular complexity index is 806. The van der Waals surface area contributed by atoms with E-state index < -0.39 is 43.5 Å². The van der Waals surface area contributed by atoms with Gasteiger partial charge < -0.3 is 9.11 Å². The van der Waals surface area contributed by atoms with E-state index in [0.29, 0.717) is 12.5 Å². The molecule has 2 unspecified atom stereocenters. The first-order valence-electron chi connectivity index (χ1n) is 10.5. The van der Waals surface area contributed by atoms with E-state index in [0.717, 1.165) is 11.8 Å². The molecule has 0 aromatic heterocycles. The third-order valence-electron chi connectivity index (χ3n) is 4.74. The molecule has 0 spiro atoms. The molecule has 2 aliphatic rings. The molecule has 9 heteroatoms. The predicted molar refractivity (Wildman–Crippen MR) is 121 cm³/mol. The third-order valence-corrected chi connectivity index (χ3v) is 8.65. The van der Waals surface area contributed by atoms with Crippen LogP contribution in [0.1, 0.15) is 66.2 Å². The smallest absolute Gasteiger partial charge is 0.0916 e. The first-order valence-corrected chi connectivity index (χ1v) is 16.6. The second-order valence-corrected chi connectivity index (χ2v) is 14.4. The van der Waals surface area contributed by atoms with Crippen molar-refractivity contribution in [2.75, 3.05) is 12.5 Å². The van der Waals surface area contributed by atoms with Gasteiger partial charge in [-0.25, -0.2) is 16.8 Å². The topological polar surface area (TPSA) is 114 Å². The van der Waals surface area contributed by atoms with Crippen molar-refractivity contribution < 1.29 is 49.2 Å². The molecule has 0 heterocycles. The second kappa shape index (κ2) is 14.7.